The molecule has 2 N–H and O–H groups in total. The van der Waals surface area contributed by atoms with E-state index in [9.17, 15) is 4.79 Å². The number of carbonyl (C=O) groups is 1. The van der Waals surface area contributed by atoms with Crippen LogP contribution < -0.4 is 15.4 Å². The van der Waals surface area contributed by atoms with E-state index >= 15 is 0 Å². The van der Waals surface area contributed by atoms with Gasteiger partial charge in [-0.1, -0.05) is 42.8 Å². The molecule has 1 aliphatic carbocycles. The maximum Gasteiger partial charge on any atom is 0.321 e. The van der Waals surface area contributed by atoms with Gasteiger partial charge in [-0.25, -0.2) is 4.79 Å². The zero-order valence-electron chi connectivity index (χ0n) is 20.4. The zero-order chi connectivity index (χ0) is 25.5. The summed E-state index contributed by atoms with van der Waals surface area (Å²) in [5.74, 6) is 2.50. The first-order valence-electron chi connectivity index (χ1n) is 12.2. The van der Waals surface area contributed by atoms with Crippen molar-refractivity contribution in [2.45, 2.75) is 38.3 Å². The second kappa shape index (κ2) is 9.64. The first-order valence-corrected chi connectivity index (χ1v) is 13.4. The van der Waals surface area contributed by atoms with Crippen molar-refractivity contribution in [2.24, 2.45) is 4.99 Å². The van der Waals surface area contributed by atoms with Gasteiger partial charge < -0.3 is 15.4 Å². The van der Waals surface area contributed by atoms with Crippen molar-refractivity contribution in [3.8, 4) is 10.8 Å². The molecule has 1 unspecified atom stereocenters. The van der Waals surface area contributed by atoms with Gasteiger partial charge in [0, 0.05) is 38.7 Å². The van der Waals surface area contributed by atoms with Crippen LogP contribution in [0.15, 0.2) is 59.6 Å². The fourth-order valence-corrected chi connectivity index (χ4v) is 5.79. The van der Waals surface area contributed by atoms with Crippen molar-refractivity contribution < 1.29 is 9.53 Å². The molecule has 188 valence electrons. The Bertz CT molecular complexity index is 1520. The van der Waals surface area contributed by atoms with E-state index in [1.807, 2.05) is 36.4 Å². The topological polar surface area (TPSA) is 93.4 Å². The lowest BCUT2D eigenvalue weighted by Gasteiger charge is -2.16. The van der Waals surface area contributed by atoms with Gasteiger partial charge in [0.05, 0.1) is 12.8 Å². The number of carbonyl (C=O) groups excluding carboxylic acids is 1. The predicted octanol–water partition coefficient (Wildman–Crippen LogP) is 6.10. The van der Waals surface area contributed by atoms with E-state index in [0.717, 1.165) is 46.9 Å². The first kappa shape index (κ1) is 23.7. The van der Waals surface area contributed by atoms with Gasteiger partial charge in [0.15, 0.2) is 12.0 Å². The SMILES string of the molecule is CCc1cc2c(s1)-n1c(C3CC3)nnc1C(NC(=O)Nc1cccc(OC)c1)N=C2c1ccccc1Cl. The highest BCUT2D eigenvalue weighted by atomic mass is 35.5. The third-order valence-corrected chi connectivity index (χ3v) is 8.05. The average Bonchev–Trinajstić information content (AvgIpc) is 3.54. The molecular formula is C27H25ClN6O2S. The molecule has 2 aromatic heterocycles. The Kier molecular flexibility index (Phi) is 6.18. The molecule has 0 bridgehead atoms. The molecule has 0 spiro atoms. The van der Waals surface area contributed by atoms with Crippen LogP contribution in [0.3, 0.4) is 0 Å². The van der Waals surface area contributed by atoms with Crippen LogP contribution >= 0.6 is 22.9 Å². The maximum atomic E-state index is 13.2. The monoisotopic (exact) mass is 532 g/mol. The van der Waals surface area contributed by atoms with Crippen LogP contribution in [-0.4, -0.2) is 33.6 Å². The second-order valence-corrected chi connectivity index (χ2v) is 10.5. The van der Waals surface area contributed by atoms with Crippen molar-refractivity contribution in [3.05, 3.63) is 87.3 Å². The number of nitrogens with zero attached hydrogens (tertiary/aromatic N) is 4. The van der Waals surface area contributed by atoms with E-state index in [1.165, 1.54) is 4.88 Å². The largest absolute Gasteiger partial charge is 0.497 e. The van der Waals surface area contributed by atoms with Crippen LogP contribution in [0.2, 0.25) is 5.02 Å². The van der Waals surface area contributed by atoms with Gasteiger partial charge in [0.2, 0.25) is 0 Å². The zero-order valence-corrected chi connectivity index (χ0v) is 21.9. The Hall–Kier alpha value is -3.69. The molecule has 1 fully saturated rings. The number of anilines is 1. The van der Waals surface area contributed by atoms with Crippen molar-refractivity contribution >= 4 is 40.4 Å². The maximum absolute atomic E-state index is 13.2. The minimum Gasteiger partial charge on any atom is -0.497 e. The lowest BCUT2D eigenvalue weighted by Crippen LogP contribution is -2.33. The Morgan fingerprint density at radius 3 is 2.68 bits per heavy atom. The summed E-state index contributed by atoms with van der Waals surface area (Å²) in [7, 11) is 1.59. The van der Waals surface area contributed by atoms with Crippen molar-refractivity contribution in [1.82, 2.24) is 20.1 Å². The number of aliphatic imine (C=N–C) groups is 1. The number of aryl methyl sites for hydroxylation is 1. The molecule has 1 atom stereocenters. The minimum atomic E-state index is -0.776. The Labute approximate surface area is 223 Å². The lowest BCUT2D eigenvalue weighted by atomic mass is 10.0. The number of thiophene rings is 1. The fraction of sp³-hybridized carbons (Fsp3) is 0.259. The fourth-order valence-electron chi connectivity index (χ4n) is 4.45. The smallest absolute Gasteiger partial charge is 0.321 e. The van der Waals surface area contributed by atoms with Crippen molar-refractivity contribution in [1.29, 1.82) is 0 Å². The van der Waals surface area contributed by atoms with E-state index in [-0.39, 0.29) is 0 Å². The highest BCUT2D eigenvalue weighted by molar-refractivity contribution is 7.15. The molecule has 0 radical (unpaired) electrons. The molecule has 3 heterocycles. The van der Waals surface area contributed by atoms with E-state index in [2.05, 4.69) is 38.4 Å². The molecule has 1 saturated carbocycles. The standard InChI is InChI=1S/C27H25ClN6O2S/c1-3-18-14-20-22(19-9-4-5-10-21(19)28)30-23(31-27(35)29-16-7-6-8-17(13-16)36-2)25-33-32-24(15-11-12-15)34(25)26(20)37-18/h4-10,13-15,23H,3,11-12H2,1-2H3,(H2,29,31,35). The molecule has 2 aliphatic rings. The van der Waals surface area contributed by atoms with Gasteiger partial charge in [-0.3, -0.25) is 9.56 Å². The number of nitrogens with one attached hydrogen (secondary N) is 2. The molecule has 1 aliphatic heterocycles. The van der Waals surface area contributed by atoms with Gasteiger partial charge in [-0.15, -0.1) is 21.5 Å². The van der Waals surface area contributed by atoms with Crippen molar-refractivity contribution in [3.63, 3.8) is 0 Å². The molecular weight excluding hydrogens is 508 g/mol. The van der Waals surface area contributed by atoms with E-state index < -0.39 is 12.2 Å². The van der Waals surface area contributed by atoms with E-state index in [1.54, 1.807) is 30.6 Å². The molecule has 0 saturated heterocycles. The van der Waals surface area contributed by atoms with Gasteiger partial charge in [0.1, 0.15) is 16.6 Å². The first-order chi connectivity index (χ1) is 18.1. The minimum absolute atomic E-state index is 0.356. The number of amides is 2. The number of ether oxygens (including phenoxy) is 1. The summed E-state index contributed by atoms with van der Waals surface area (Å²) < 4.78 is 7.37. The van der Waals surface area contributed by atoms with Crippen LogP contribution in [-0.2, 0) is 6.42 Å². The number of urea groups is 1. The molecule has 37 heavy (non-hydrogen) atoms. The van der Waals surface area contributed by atoms with Crippen LogP contribution in [0.25, 0.3) is 5.00 Å². The van der Waals surface area contributed by atoms with E-state index in [4.69, 9.17) is 21.3 Å². The summed E-state index contributed by atoms with van der Waals surface area (Å²) in [6.07, 6.45) is 2.27. The molecule has 10 heteroatoms. The molecule has 2 aromatic carbocycles. The average molecular weight is 533 g/mol. The van der Waals surface area contributed by atoms with E-state index in [0.29, 0.717) is 28.2 Å². The summed E-state index contributed by atoms with van der Waals surface area (Å²) in [4.78, 5) is 19.5. The summed E-state index contributed by atoms with van der Waals surface area (Å²) in [6, 6.07) is 16.6. The predicted molar refractivity (Wildman–Crippen MR) is 146 cm³/mol. The lowest BCUT2D eigenvalue weighted by molar-refractivity contribution is 0.248. The van der Waals surface area contributed by atoms with Crippen LogP contribution in [0.1, 0.15) is 59.5 Å². The Morgan fingerprint density at radius 1 is 1.11 bits per heavy atom. The summed E-state index contributed by atoms with van der Waals surface area (Å²) in [5.41, 5.74) is 3.09. The highest BCUT2D eigenvalue weighted by Crippen LogP contribution is 2.44. The number of methoxy groups -OCH3 is 1. The van der Waals surface area contributed by atoms with Crippen LogP contribution in [0.4, 0.5) is 10.5 Å². The van der Waals surface area contributed by atoms with Gasteiger partial charge >= 0.3 is 6.03 Å². The summed E-state index contributed by atoms with van der Waals surface area (Å²) in [5, 5.41) is 16.6. The normalized spacial score (nSPS) is 16.3. The number of benzene rings is 2. The molecule has 6 rings (SSSR count). The number of hydrogen-bond donors (Lipinski definition) is 2. The third-order valence-electron chi connectivity index (χ3n) is 6.45. The highest BCUT2D eigenvalue weighted by Gasteiger charge is 2.37. The summed E-state index contributed by atoms with van der Waals surface area (Å²) >= 11 is 8.36. The second-order valence-electron chi connectivity index (χ2n) is 9.00. The number of fused-ring (bicyclic) bond motifs is 3. The third kappa shape index (κ3) is 4.49. The molecule has 4 aromatic rings. The van der Waals surface area contributed by atoms with Gasteiger partial charge in [0.25, 0.3) is 0 Å². The quantitative estimate of drug-likeness (QED) is 0.313. The number of rotatable bonds is 6. The Morgan fingerprint density at radius 2 is 1.92 bits per heavy atom. The molecule has 2 amide bonds. The van der Waals surface area contributed by atoms with Crippen LogP contribution in [0.5, 0.6) is 5.75 Å². The number of hydrogen-bond acceptors (Lipinski definition) is 6. The van der Waals surface area contributed by atoms with Gasteiger partial charge in [-0.05, 0) is 43.5 Å². The Balaban J connectivity index is 1.46. The van der Waals surface area contributed by atoms with Crippen LogP contribution in [0, 0.1) is 0 Å². The number of aromatic nitrogens is 3. The molecule has 8 nitrogen and oxygen atoms in total. The van der Waals surface area contributed by atoms with Crippen molar-refractivity contribution in [2.75, 3.05) is 12.4 Å². The number of halogens is 1. The summed E-state index contributed by atoms with van der Waals surface area (Å²) in [6.45, 7) is 2.14. The van der Waals surface area contributed by atoms with Gasteiger partial charge in [-0.2, -0.15) is 0 Å².